The van der Waals surface area contributed by atoms with E-state index in [-0.39, 0.29) is 5.82 Å². The number of carbonyl (C=O) groups is 1. The van der Waals surface area contributed by atoms with Gasteiger partial charge in [0.15, 0.2) is 0 Å². The number of carboxylic acids is 1. The summed E-state index contributed by atoms with van der Waals surface area (Å²) in [7, 11) is 0. The Morgan fingerprint density at radius 1 is 1.33 bits per heavy atom. The van der Waals surface area contributed by atoms with E-state index in [1.807, 2.05) is 30.3 Å². The van der Waals surface area contributed by atoms with Gasteiger partial charge in [-0.2, -0.15) is 0 Å². The first-order valence-electron chi connectivity index (χ1n) is 5.63. The predicted octanol–water partition coefficient (Wildman–Crippen LogP) is 1.80. The van der Waals surface area contributed by atoms with Crippen LogP contribution in [0.2, 0.25) is 0 Å². The summed E-state index contributed by atoms with van der Waals surface area (Å²) < 4.78 is 7.05. The Hall–Kier alpha value is -2.14. The minimum Gasteiger partial charge on any atom is -0.475 e. The standard InChI is InChI=1S/C13H14N2O3/c16-13(17)12-14-6-7-15(12)8-9-18-10-11-4-2-1-3-5-11/h1-7H,8-10H2,(H,16,17). The highest BCUT2D eigenvalue weighted by atomic mass is 16.5. The van der Waals surface area contributed by atoms with Crippen LogP contribution in [0.15, 0.2) is 42.7 Å². The zero-order valence-electron chi connectivity index (χ0n) is 9.82. The zero-order valence-corrected chi connectivity index (χ0v) is 9.82. The van der Waals surface area contributed by atoms with Crippen molar-refractivity contribution < 1.29 is 14.6 Å². The lowest BCUT2D eigenvalue weighted by Gasteiger charge is -2.06. The van der Waals surface area contributed by atoms with Crippen LogP contribution in [0, 0.1) is 0 Å². The molecule has 0 aliphatic carbocycles. The first-order chi connectivity index (χ1) is 8.77. The van der Waals surface area contributed by atoms with Crippen LogP contribution in [0.25, 0.3) is 0 Å². The maximum atomic E-state index is 10.8. The molecular weight excluding hydrogens is 232 g/mol. The first kappa shape index (κ1) is 12.3. The van der Waals surface area contributed by atoms with E-state index >= 15 is 0 Å². The number of hydrogen-bond donors (Lipinski definition) is 1. The molecule has 2 rings (SSSR count). The van der Waals surface area contributed by atoms with Gasteiger partial charge >= 0.3 is 5.97 Å². The molecule has 1 N–H and O–H groups in total. The van der Waals surface area contributed by atoms with Gasteiger partial charge in [0.25, 0.3) is 0 Å². The van der Waals surface area contributed by atoms with E-state index in [4.69, 9.17) is 9.84 Å². The molecule has 1 aromatic carbocycles. The van der Waals surface area contributed by atoms with Gasteiger partial charge in [0, 0.05) is 18.9 Å². The van der Waals surface area contributed by atoms with E-state index in [1.165, 1.54) is 6.20 Å². The summed E-state index contributed by atoms with van der Waals surface area (Å²) in [6.07, 6.45) is 3.11. The minimum atomic E-state index is -1.02. The smallest absolute Gasteiger partial charge is 0.372 e. The number of imidazole rings is 1. The third-order valence-corrected chi connectivity index (χ3v) is 2.49. The number of carboxylic acid groups (broad SMARTS) is 1. The molecule has 0 aliphatic heterocycles. The third kappa shape index (κ3) is 3.18. The van der Waals surface area contributed by atoms with Crippen molar-refractivity contribution >= 4 is 5.97 Å². The molecule has 0 unspecified atom stereocenters. The molecular formula is C13H14N2O3. The Morgan fingerprint density at radius 2 is 2.11 bits per heavy atom. The molecule has 0 saturated heterocycles. The molecule has 94 valence electrons. The summed E-state index contributed by atoms with van der Waals surface area (Å²) >= 11 is 0. The van der Waals surface area contributed by atoms with Gasteiger partial charge < -0.3 is 14.4 Å². The second kappa shape index (κ2) is 5.97. The Labute approximate surface area is 105 Å². The molecule has 1 heterocycles. The van der Waals surface area contributed by atoms with Gasteiger partial charge in [-0.15, -0.1) is 0 Å². The summed E-state index contributed by atoms with van der Waals surface area (Å²) in [6.45, 7) is 1.46. The fourth-order valence-electron chi connectivity index (χ4n) is 1.61. The number of benzene rings is 1. The molecule has 0 amide bonds. The SMILES string of the molecule is O=C(O)c1nccn1CCOCc1ccccc1. The van der Waals surface area contributed by atoms with Crippen LogP contribution >= 0.6 is 0 Å². The van der Waals surface area contributed by atoms with Crippen molar-refractivity contribution in [1.29, 1.82) is 0 Å². The van der Waals surface area contributed by atoms with E-state index in [9.17, 15) is 4.79 Å². The van der Waals surface area contributed by atoms with Gasteiger partial charge in [0.2, 0.25) is 5.82 Å². The second-order valence-electron chi connectivity index (χ2n) is 3.79. The van der Waals surface area contributed by atoms with Crippen molar-refractivity contribution in [2.45, 2.75) is 13.2 Å². The first-order valence-corrected chi connectivity index (χ1v) is 5.63. The number of aromatic carboxylic acids is 1. The lowest BCUT2D eigenvalue weighted by Crippen LogP contribution is -2.12. The van der Waals surface area contributed by atoms with Gasteiger partial charge in [0.1, 0.15) is 0 Å². The summed E-state index contributed by atoms with van der Waals surface area (Å²) in [6, 6.07) is 9.84. The van der Waals surface area contributed by atoms with Gasteiger partial charge in [0.05, 0.1) is 13.2 Å². The molecule has 1 aromatic heterocycles. The molecule has 0 spiro atoms. The van der Waals surface area contributed by atoms with Crippen LogP contribution < -0.4 is 0 Å². The molecule has 0 aliphatic rings. The number of aromatic nitrogens is 2. The second-order valence-corrected chi connectivity index (χ2v) is 3.79. The van der Waals surface area contributed by atoms with Crippen LogP contribution in [0.5, 0.6) is 0 Å². The Balaban J connectivity index is 1.79. The Bertz CT molecular complexity index is 508. The summed E-state index contributed by atoms with van der Waals surface area (Å²) in [4.78, 5) is 14.6. The largest absolute Gasteiger partial charge is 0.475 e. The van der Waals surface area contributed by atoms with Crippen LogP contribution in [0.1, 0.15) is 16.2 Å². The van der Waals surface area contributed by atoms with Crippen molar-refractivity contribution in [3.63, 3.8) is 0 Å². The highest BCUT2D eigenvalue weighted by molar-refractivity contribution is 5.83. The van der Waals surface area contributed by atoms with Crippen molar-refractivity contribution in [3.8, 4) is 0 Å². The average Bonchev–Trinajstić information content (AvgIpc) is 2.84. The molecule has 5 heteroatoms. The topological polar surface area (TPSA) is 64.3 Å². The van der Waals surface area contributed by atoms with E-state index in [0.29, 0.717) is 19.8 Å². The maximum absolute atomic E-state index is 10.8. The highest BCUT2D eigenvalue weighted by Gasteiger charge is 2.09. The number of ether oxygens (including phenoxy) is 1. The fraction of sp³-hybridized carbons (Fsp3) is 0.231. The van der Waals surface area contributed by atoms with Crippen molar-refractivity contribution in [2.75, 3.05) is 6.61 Å². The van der Waals surface area contributed by atoms with Crippen molar-refractivity contribution in [3.05, 3.63) is 54.1 Å². The van der Waals surface area contributed by atoms with Crippen LogP contribution in [-0.4, -0.2) is 27.2 Å². The lowest BCUT2D eigenvalue weighted by atomic mass is 10.2. The quantitative estimate of drug-likeness (QED) is 0.789. The lowest BCUT2D eigenvalue weighted by molar-refractivity contribution is 0.0671. The summed E-state index contributed by atoms with van der Waals surface area (Å²) in [5, 5.41) is 8.86. The average molecular weight is 246 g/mol. The van der Waals surface area contributed by atoms with Crippen molar-refractivity contribution in [1.82, 2.24) is 9.55 Å². The number of hydrogen-bond acceptors (Lipinski definition) is 3. The molecule has 5 nitrogen and oxygen atoms in total. The number of nitrogens with zero attached hydrogens (tertiary/aromatic N) is 2. The fourth-order valence-corrected chi connectivity index (χ4v) is 1.61. The van der Waals surface area contributed by atoms with E-state index in [2.05, 4.69) is 4.98 Å². The highest BCUT2D eigenvalue weighted by Crippen LogP contribution is 2.02. The summed E-state index contributed by atoms with van der Waals surface area (Å²) in [5.41, 5.74) is 1.10. The van der Waals surface area contributed by atoms with E-state index < -0.39 is 5.97 Å². The monoisotopic (exact) mass is 246 g/mol. The van der Waals surface area contributed by atoms with Crippen LogP contribution in [0.4, 0.5) is 0 Å². The predicted molar refractivity (Wildman–Crippen MR) is 65.3 cm³/mol. The molecule has 0 saturated carbocycles. The van der Waals surface area contributed by atoms with Gasteiger partial charge in [-0.25, -0.2) is 9.78 Å². The minimum absolute atomic E-state index is 0.0401. The molecule has 0 radical (unpaired) electrons. The van der Waals surface area contributed by atoms with Crippen LogP contribution in [0.3, 0.4) is 0 Å². The van der Waals surface area contributed by atoms with E-state index in [1.54, 1.807) is 10.8 Å². The van der Waals surface area contributed by atoms with Crippen molar-refractivity contribution in [2.24, 2.45) is 0 Å². The third-order valence-electron chi connectivity index (χ3n) is 2.49. The van der Waals surface area contributed by atoms with E-state index in [0.717, 1.165) is 5.56 Å². The molecule has 0 bridgehead atoms. The van der Waals surface area contributed by atoms with Gasteiger partial charge in [-0.3, -0.25) is 0 Å². The number of rotatable bonds is 6. The molecule has 18 heavy (non-hydrogen) atoms. The molecule has 0 atom stereocenters. The molecule has 0 fully saturated rings. The Morgan fingerprint density at radius 3 is 2.83 bits per heavy atom. The summed E-state index contributed by atoms with van der Waals surface area (Å²) in [5.74, 6) is -0.985. The Kier molecular flexibility index (Phi) is 4.09. The van der Waals surface area contributed by atoms with Gasteiger partial charge in [-0.1, -0.05) is 30.3 Å². The van der Waals surface area contributed by atoms with Gasteiger partial charge in [-0.05, 0) is 5.56 Å². The zero-order chi connectivity index (χ0) is 12.8. The van der Waals surface area contributed by atoms with Crippen LogP contribution in [-0.2, 0) is 17.9 Å². The maximum Gasteiger partial charge on any atom is 0.372 e. The molecule has 2 aromatic rings. The normalized spacial score (nSPS) is 10.4.